The smallest absolute Gasteiger partial charge is 0.338 e. The molecule has 3 aliphatic heterocycles. The van der Waals surface area contributed by atoms with Gasteiger partial charge in [-0.2, -0.15) is 0 Å². The van der Waals surface area contributed by atoms with Crippen molar-refractivity contribution in [3.05, 3.63) is 34.4 Å². The van der Waals surface area contributed by atoms with Crippen molar-refractivity contribution in [2.75, 3.05) is 32.7 Å². The number of aliphatic hydroxyl groups excluding tert-OH is 1. The molecule has 25 heavy (non-hydrogen) atoms. The van der Waals surface area contributed by atoms with Gasteiger partial charge in [-0.25, -0.2) is 4.79 Å². The number of ether oxygens (including phenoxy) is 1. The third-order valence-corrected chi connectivity index (χ3v) is 6.18. The minimum absolute atomic E-state index is 0. The van der Waals surface area contributed by atoms with E-state index in [0.29, 0.717) is 24.1 Å². The summed E-state index contributed by atoms with van der Waals surface area (Å²) in [4.78, 5) is 14.1. The highest BCUT2D eigenvalue weighted by Crippen LogP contribution is 2.39. The molecular formula is C19H27ClN2O3. The van der Waals surface area contributed by atoms with Crippen LogP contribution in [0.5, 0.6) is 0 Å². The van der Waals surface area contributed by atoms with E-state index in [1.165, 1.54) is 19.3 Å². The molecule has 0 bridgehead atoms. The van der Waals surface area contributed by atoms with Gasteiger partial charge in [0.2, 0.25) is 0 Å². The number of nitrogens with zero attached hydrogens (tertiary/aromatic N) is 1. The van der Waals surface area contributed by atoms with E-state index in [0.717, 1.165) is 42.9 Å². The van der Waals surface area contributed by atoms with Gasteiger partial charge in [0.25, 0.3) is 0 Å². The van der Waals surface area contributed by atoms with Crippen LogP contribution in [-0.4, -0.2) is 48.7 Å². The average Bonchev–Trinajstić information content (AvgIpc) is 3.13. The minimum atomic E-state index is -0.511. The second-order valence-electron chi connectivity index (χ2n) is 7.63. The first kappa shape index (κ1) is 18.6. The Morgan fingerprint density at radius 1 is 1.32 bits per heavy atom. The van der Waals surface area contributed by atoms with E-state index in [2.05, 4.69) is 10.2 Å². The molecule has 4 rings (SSSR count). The highest BCUT2D eigenvalue weighted by atomic mass is 35.5. The molecule has 1 atom stereocenters. The Labute approximate surface area is 155 Å². The lowest BCUT2D eigenvalue weighted by Crippen LogP contribution is -2.39. The van der Waals surface area contributed by atoms with Gasteiger partial charge in [0.1, 0.15) is 6.61 Å². The summed E-state index contributed by atoms with van der Waals surface area (Å²) in [5.41, 5.74) is 3.98. The van der Waals surface area contributed by atoms with Crippen LogP contribution in [0.25, 0.3) is 0 Å². The van der Waals surface area contributed by atoms with Crippen molar-refractivity contribution >= 4 is 18.4 Å². The Kier molecular flexibility index (Phi) is 5.40. The summed E-state index contributed by atoms with van der Waals surface area (Å²) in [6, 6.07) is 3.69. The molecular weight excluding hydrogens is 340 g/mol. The average molecular weight is 367 g/mol. The predicted molar refractivity (Wildman–Crippen MR) is 98.1 cm³/mol. The van der Waals surface area contributed by atoms with E-state index < -0.39 is 6.10 Å². The molecule has 6 heteroatoms. The fraction of sp³-hybridized carbons (Fsp3) is 0.632. The summed E-state index contributed by atoms with van der Waals surface area (Å²) in [5.74, 6) is -0.249. The van der Waals surface area contributed by atoms with Crippen LogP contribution >= 0.6 is 12.4 Å². The Hall–Kier alpha value is -1.14. The molecule has 0 amide bonds. The second kappa shape index (κ2) is 7.23. The maximum absolute atomic E-state index is 11.7. The number of piperidine rings is 1. The monoisotopic (exact) mass is 366 g/mol. The van der Waals surface area contributed by atoms with Crippen LogP contribution in [-0.2, 0) is 11.3 Å². The Balaban J connectivity index is 0.00000182. The van der Waals surface area contributed by atoms with Crippen LogP contribution in [0.15, 0.2) is 12.1 Å². The molecule has 0 saturated carbocycles. The van der Waals surface area contributed by atoms with Gasteiger partial charge in [0.15, 0.2) is 0 Å². The quantitative estimate of drug-likeness (QED) is 0.803. The highest BCUT2D eigenvalue weighted by molar-refractivity contribution is 5.93. The summed E-state index contributed by atoms with van der Waals surface area (Å²) < 4.78 is 5.11. The molecule has 2 saturated heterocycles. The second-order valence-corrected chi connectivity index (χ2v) is 7.63. The molecule has 0 radical (unpaired) electrons. The van der Waals surface area contributed by atoms with Gasteiger partial charge in [0, 0.05) is 18.7 Å². The molecule has 0 unspecified atom stereocenters. The van der Waals surface area contributed by atoms with E-state index in [1.54, 1.807) is 6.07 Å². The molecule has 1 aromatic carbocycles. The normalized spacial score (nSPS) is 23.2. The van der Waals surface area contributed by atoms with E-state index in [-0.39, 0.29) is 18.4 Å². The molecule has 1 spiro atoms. The van der Waals surface area contributed by atoms with E-state index in [4.69, 9.17) is 4.74 Å². The summed E-state index contributed by atoms with van der Waals surface area (Å²) in [6.45, 7) is 7.39. The number of carbonyl (C=O) groups is 1. The number of β-amino-alcohol motifs (C(OH)–C–C–N with tert-alkyl or cyclic N) is 1. The van der Waals surface area contributed by atoms with E-state index in [1.807, 2.05) is 13.0 Å². The number of carbonyl (C=O) groups excluding carboxylic acids is 1. The van der Waals surface area contributed by atoms with Crippen LogP contribution < -0.4 is 5.32 Å². The molecule has 2 fully saturated rings. The van der Waals surface area contributed by atoms with E-state index in [9.17, 15) is 9.90 Å². The minimum Gasteiger partial charge on any atom is -0.457 e. The molecule has 0 aromatic heterocycles. The number of cyclic esters (lactones) is 1. The predicted octanol–water partition coefficient (Wildman–Crippen LogP) is 2.20. The SMILES string of the molecule is Cc1c([C@@H](O)CN2CCC3(CCNCC3)C2)ccc2c1COC2=O.Cl. The maximum Gasteiger partial charge on any atom is 0.338 e. The summed E-state index contributed by atoms with van der Waals surface area (Å²) in [5, 5.41) is 14.2. The Morgan fingerprint density at radius 2 is 2.08 bits per heavy atom. The van der Waals surface area contributed by atoms with Crippen LogP contribution in [0, 0.1) is 12.3 Å². The third-order valence-electron chi connectivity index (χ3n) is 6.18. The van der Waals surface area contributed by atoms with Crippen molar-refractivity contribution in [3.8, 4) is 0 Å². The van der Waals surface area contributed by atoms with Crippen LogP contribution in [0.1, 0.15) is 52.4 Å². The molecule has 2 N–H and O–H groups in total. The number of hydrogen-bond acceptors (Lipinski definition) is 5. The largest absolute Gasteiger partial charge is 0.457 e. The molecule has 0 aliphatic carbocycles. The zero-order chi connectivity index (χ0) is 16.7. The zero-order valence-electron chi connectivity index (χ0n) is 14.7. The maximum atomic E-state index is 11.7. The number of esters is 1. The van der Waals surface area contributed by atoms with Crippen molar-refractivity contribution in [3.63, 3.8) is 0 Å². The number of halogens is 1. The van der Waals surface area contributed by atoms with Gasteiger partial charge in [-0.05, 0) is 68.4 Å². The van der Waals surface area contributed by atoms with Gasteiger partial charge >= 0.3 is 5.97 Å². The first-order chi connectivity index (χ1) is 11.6. The fourth-order valence-electron chi connectivity index (χ4n) is 4.62. The van der Waals surface area contributed by atoms with Gasteiger partial charge in [-0.3, -0.25) is 4.90 Å². The van der Waals surface area contributed by atoms with Crippen molar-refractivity contribution in [2.24, 2.45) is 5.41 Å². The third kappa shape index (κ3) is 3.43. The molecule has 3 heterocycles. The van der Waals surface area contributed by atoms with Gasteiger partial charge in [-0.15, -0.1) is 12.4 Å². The van der Waals surface area contributed by atoms with E-state index >= 15 is 0 Å². The molecule has 5 nitrogen and oxygen atoms in total. The topological polar surface area (TPSA) is 61.8 Å². The lowest BCUT2D eigenvalue weighted by Gasteiger charge is -2.34. The summed E-state index contributed by atoms with van der Waals surface area (Å²) in [6.07, 6.45) is 3.23. The van der Waals surface area contributed by atoms with Gasteiger partial charge < -0.3 is 15.2 Å². The van der Waals surface area contributed by atoms with Crippen molar-refractivity contribution in [1.29, 1.82) is 0 Å². The van der Waals surface area contributed by atoms with Crippen molar-refractivity contribution in [2.45, 2.75) is 38.9 Å². The number of fused-ring (bicyclic) bond motifs is 1. The Morgan fingerprint density at radius 3 is 2.84 bits per heavy atom. The van der Waals surface area contributed by atoms with Crippen LogP contribution in [0.2, 0.25) is 0 Å². The van der Waals surface area contributed by atoms with Crippen LogP contribution in [0.4, 0.5) is 0 Å². The number of nitrogens with one attached hydrogen (secondary N) is 1. The highest BCUT2D eigenvalue weighted by Gasteiger charge is 2.39. The molecule has 3 aliphatic rings. The number of benzene rings is 1. The zero-order valence-corrected chi connectivity index (χ0v) is 15.5. The van der Waals surface area contributed by atoms with Crippen molar-refractivity contribution < 1.29 is 14.6 Å². The van der Waals surface area contributed by atoms with Gasteiger partial charge in [0.05, 0.1) is 11.7 Å². The van der Waals surface area contributed by atoms with Gasteiger partial charge in [-0.1, -0.05) is 6.07 Å². The summed E-state index contributed by atoms with van der Waals surface area (Å²) in [7, 11) is 0. The first-order valence-corrected chi connectivity index (χ1v) is 8.99. The standard InChI is InChI=1S/C19H26N2O3.ClH/c1-13-14(2-3-15-16(13)11-24-18(15)23)17(22)10-21-9-6-19(12-21)4-7-20-8-5-19;/h2-3,17,20,22H,4-12H2,1H3;1H/t17-;/m0./s1. The number of rotatable bonds is 3. The molecule has 1 aromatic rings. The number of hydrogen-bond donors (Lipinski definition) is 2. The number of aliphatic hydroxyl groups is 1. The summed E-state index contributed by atoms with van der Waals surface area (Å²) >= 11 is 0. The lowest BCUT2D eigenvalue weighted by atomic mass is 9.78. The lowest BCUT2D eigenvalue weighted by molar-refractivity contribution is 0.0535. The first-order valence-electron chi connectivity index (χ1n) is 8.99. The van der Waals surface area contributed by atoms with Crippen molar-refractivity contribution in [1.82, 2.24) is 10.2 Å². The Bertz CT molecular complexity index is 658. The molecule has 138 valence electrons. The fourth-order valence-corrected chi connectivity index (χ4v) is 4.62. The van der Waals surface area contributed by atoms with Crippen LogP contribution in [0.3, 0.4) is 0 Å². The number of likely N-dealkylation sites (tertiary alicyclic amines) is 1.